The maximum absolute atomic E-state index is 12.0. The van der Waals surface area contributed by atoms with Gasteiger partial charge in [-0.25, -0.2) is 5.43 Å². The maximum Gasteiger partial charge on any atom is 0.308 e. The van der Waals surface area contributed by atoms with E-state index in [0.717, 1.165) is 0 Å². The molecule has 1 amide bonds. The van der Waals surface area contributed by atoms with Crippen LogP contribution in [0.3, 0.4) is 0 Å². The molecule has 0 saturated carbocycles. The van der Waals surface area contributed by atoms with Gasteiger partial charge in [0.05, 0.1) is 16.8 Å². The van der Waals surface area contributed by atoms with Crippen LogP contribution in [0.15, 0.2) is 47.6 Å². The van der Waals surface area contributed by atoms with Gasteiger partial charge >= 0.3 is 5.97 Å². The van der Waals surface area contributed by atoms with Gasteiger partial charge in [0, 0.05) is 11.9 Å². The largest absolute Gasteiger partial charge is 0.427 e. The second kappa shape index (κ2) is 7.76. The van der Waals surface area contributed by atoms with Crippen LogP contribution in [0.1, 0.15) is 22.8 Å². The van der Waals surface area contributed by atoms with Gasteiger partial charge in [0.1, 0.15) is 5.75 Å². The molecule has 0 bridgehead atoms. The van der Waals surface area contributed by atoms with Gasteiger partial charge in [-0.3, -0.25) is 9.59 Å². The molecular weight excluding hydrogens is 339 g/mol. The van der Waals surface area contributed by atoms with Crippen molar-refractivity contribution in [3.8, 4) is 5.75 Å². The smallest absolute Gasteiger partial charge is 0.308 e. The van der Waals surface area contributed by atoms with Crippen LogP contribution in [-0.2, 0) is 4.79 Å². The van der Waals surface area contributed by atoms with Gasteiger partial charge in [0.15, 0.2) is 0 Å². The number of amides is 1. The van der Waals surface area contributed by atoms with Crippen LogP contribution in [0.25, 0.3) is 0 Å². The summed E-state index contributed by atoms with van der Waals surface area (Å²) in [5.74, 6) is -0.475. The molecule has 5 nitrogen and oxygen atoms in total. The molecule has 0 fully saturated rings. The molecule has 0 aliphatic rings. The number of carbonyl (C=O) groups is 2. The lowest BCUT2D eigenvalue weighted by Crippen LogP contribution is -2.18. The van der Waals surface area contributed by atoms with Crippen molar-refractivity contribution in [2.24, 2.45) is 5.10 Å². The summed E-state index contributed by atoms with van der Waals surface area (Å²) in [6.07, 6.45) is 1.43. The van der Waals surface area contributed by atoms with E-state index in [1.165, 1.54) is 25.3 Å². The first-order valence-electron chi connectivity index (χ1n) is 6.52. The fourth-order valence-corrected chi connectivity index (χ4v) is 2.22. The Kier molecular flexibility index (Phi) is 5.73. The van der Waals surface area contributed by atoms with Crippen molar-refractivity contribution >= 4 is 41.3 Å². The highest BCUT2D eigenvalue weighted by molar-refractivity contribution is 6.36. The number of esters is 1. The Balaban J connectivity index is 2.03. The summed E-state index contributed by atoms with van der Waals surface area (Å²) in [6.45, 7) is 1.32. The van der Waals surface area contributed by atoms with Gasteiger partial charge in [0.25, 0.3) is 5.91 Å². The molecule has 0 aromatic heterocycles. The second-order valence-corrected chi connectivity index (χ2v) is 5.33. The van der Waals surface area contributed by atoms with Crippen LogP contribution in [0.5, 0.6) is 5.75 Å². The fourth-order valence-electron chi connectivity index (χ4n) is 1.72. The van der Waals surface area contributed by atoms with E-state index < -0.39 is 11.9 Å². The first-order chi connectivity index (χ1) is 11.0. The second-order valence-electron chi connectivity index (χ2n) is 4.49. The van der Waals surface area contributed by atoms with E-state index in [9.17, 15) is 9.59 Å². The Morgan fingerprint density at radius 1 is 1.17 bits per heavy atom. The van der Waals surface area contributed by atoms with Crippen molar-refractivity contribution in [1.82, 2.24) is 5.43 Å². The fraction of sp³-hybridized carbons (Fsp3) is 0.0625. The Morgan fingerprint density at radius 3 is 2.65 bits per heavy atom. The molecule has 0 heterocycles. The SMILES string of the molecule is CC(=O)Oc1cccc(/C=N\NC(=O)c2ccc(Cl)cc2Cl)c1. The predicted octanol–water partition coefficient (Wildman–Crippen LogP) is 3.68. The number of halogens is 2. The zero-order valence-electron chi connectivity index (χ0n) is 12.0. The number of ether oxygens (including phenoxy) is 1. The summed E-state index contributed by atoms with van der Waals surface area (Å²) >= 11 is 11.7. The van der Waals surface area contributed by atoms with E-state index in [0.29, 0.717) is 16.3 Å². The average molecular weight is 351 g/mol. The van der Waals surface area contributed by atoms with Crippen LogP contribution < -0.4 is 10.2 Å². The minimum absolute atomic E-state index is 0.238. The number of benzene rings is 2. The van der Waals surface area contributed by atoms with Crippen LogP contribution in [0.4, 0.5) is 0 Å². The van der Waals surface area contributed by atoms with Crippen LogP contribution in [-0.4, -0.2) is 18.1 Å². The van der Waals surface area contributed by atoms with Crippen molar-refractivity contribution in [1.29, 1.82) is 0 Å². The highest BCUT2D eigenvalue weighted by Gasteiger charge is 2.09. The molecule has 1 N–H and O–H groups in total. The number of hydrogen-bond acceptors (Lipinski definition) is 4. The van der Waals surface area contributed by atoms with E-state index in [4.69, 9.17) is 27.9 Å². The Hall–Kier alpha value is -2.37. The van der Waals surface area contributed by atoms with Crippen molar-refractivity contribution in [3.05, 3.63) is 63.6 Å². The Bertz CT molecular complexity index is 776. The molecule has 118 valence electrons. The molecule has 23 heavy (non-hydrogen) atoms. The summed E-state index contributed by atoms with van der Waals surface area (Å²) in [5, 5.41) is 4.53. The van der Waals surface area contributed by atoms with Crippen molar-refractivity contribution < 1.29 is 14.3 Å². The van der Waals surface area contributed by atoms with E-state index >= 15 is 0 Å². The lowest BCUT2D eigenvalue weighted by Gasteiger charge is -2.03. The van der Waals surface area contributed by atoms with Gasteiger partial charge in [0.2, 0.25) is 0 Å². The molecule has 0 spiro atoms. The van der Waals surface area contributed by atoms with Crippen molar-refractivity contribution in [2.75, 3.05) is 0 Å². The molecule has 2 aromatic rings. The van der Waals surface area contributed by atoms with Gasteiger partial charge < -0.3 is 4.74 Å². The number of carbonyl (C=O) groups excluding carboxylic acids is 2. The third kappa shape index (κ3) is 5.09. The van der Waals surface area contributed by atoms with E-state index in [-0.39, 0.29) is 10.6 Å². The predicted molar refractivity (Wildman–Crippen MR) is 89.3 cm³/mol. The van der Waals surface area contributed by atoms with Crippen LogP contribution in [0.2, 0.25) is 10.0 Å². The molecule has 0 saturated heterocycles. The average Bonchev–Trinajstić information content (AvgIpc) is 2.46. The molecule has 0 radical (unpaired) electrons. The molecule has 0 unspecified atom stereocenters. The number of nitrogens with zero attached hydrogens (tertiary/aromatic N) is 1. The van der Waals surface area contributed by atoms with E-state index in [2.05, 4.69) is 10.5 Å². The maximum atomic E-state index is 12.0. The minimum Gasteiger partial charge on any atom is -0.427 e. The van der Waals surface area contributed by atoms with Crippen molar-refractivity contribution in [2.45, 2.75) is 6.92 Å². The molecule has 2 rings (SSSR count). The lowest BCUT2D eigenvalue weighted by atomic mass is 10.2. The standard InChI is InChI=1S/C16H12Cl2N2O3/c1-10(21)23-13-4-2-3-11(7-13)9-19-20-16(22)14-6-5-12(17)8-15(14)18/h2-9H,1H3,(H,20,22)/b19-9-. The summed E-state index contributed by atoms with van der Waals surface area (Å²) in [7, 11) is 0. The molecule has 2 aromatic carbocycles. The normalized spacial score (nSPS) is 10.6. The number of rotatable bonds is 4. The van der Waals surface area contributed by atoms with Crippen molar-refractivity contribution in [3.63, 3.8) is 0 Å². The highest BCUT2D eigenvalue weighted by Crippen LogP contribution is 2.20. The van der Waals surface area contributed by atoms with E-state index in [1.807, 2.05) is 0 Å². The molecule has 0 aliphatic carbocycles. The number of nitrogens with one attached hydrogen (secondary N) is 1. The Morgan fingerprint density at radius 2 is 1.96 bits per heavy atom. The topological polar surface area (TPSA) is 67.8 Å². The Labute approximate surface area is 142 Å². The van der Waals surface area contributed by atoms with Gasteiger partial charge in [-0.05, 0) is 35.9 Å². The monoisotopic (exact) mass is 350 g/mol. The quantitative estimate of drug-likeness (QED) is 0.395. The molecule has 7 heteroatoms. The first kappa shape index (κ1) is 17.0. The zero-order chi connectivity index (χ0) is 16.8. The number of hydrogen-bond donors (Lipinski definition) is 1. The third-order valence-corrected chi connectivity index (χ3v) is 3.22. The molecule has 0 atom stereocenters. The van der Waals surface area contributed by atoms with Crippen LogP contribution in [0, 0.1) is 0 Å². The molecule has 0 aliphatic heterocycles. The van der Waals surface area contributed by atoms with E-state index in [1.54, 1.807) is 30.3 Å². The summed E-state index contributed by atoms with van der Waals surface area (Å²) in [4.78, 5) is 22.9. The lowest BCUT2D eigenvalue weighted by molar-refractivity contribution is -0.131. The number of hydrazone groups is 1. The van der Waals surface area contributed by atoms with Crippen LogP contribution >= 0.6 is 23.2 Å². The third-order valence-electron chi connectivity index (χ3n) is 2.68. The zero-order valence-corrected chi connectivity index (χ0v) is 13.6. The van der Waals surface area contributed by atoms with Gasteiger partial charge in [-0.2, -0.15) is 5.10 Å². The highest BCUT2D eigenvalue weighted by atomic mass is 35.5. The minimum atomic E-state index is -0.459. The molecular formula is C16H12Cl2N2O3. The first-order valence-corrected chi connectivity index (χ1v) is 7.28. The van der Waals surface area contributed by atoms with Gasteiger partial charge in [-0.1, -0.05) is 35.3 Å². The summed E-state index contributed by atoms with van der Waals surface area (Å²) < 4.78 is 4.96. The summed E-state index contributed by atoms with van der Waals surface area (Å²) in [6, 6.07) is 11.3. The summed E-state index contributed by atoms with van der Waals surface area (Å²) in [5.41, 5.74) is 3.29. The van der Waals surface area contributed by atoms with Gasteiger partial charge in [-0.15, -0.1) is 0 Å².